The predicted molar refractivity (Wildman–Crippen MR) is 155 cm³/mol. The fraction of sp³-hybridized carbons (Fsp3) is 0.290. The quantitative estimate of drug-likeness (QED) is 0.245. The van der Waals surface area contributed by atoms with Crippen LogP contribution in [0.25, 0.3) is 52.4 Å². The van der Waals surface area contributed by atoms with Crippen molar-refractivity contribution in [3.8, 4) is 11.3 Å². The van der Waals surface area contributed by atoms with E-state index in [-0.39, 0.29) is 5.41 Å². The van der Waals surface area contributed by atoms with E-state index in [9.17, 15) is 0 Å². The SMILES string of the molecule is Cc1sc2ccc3c(sc4ncnc(-c5cc(C(C)(C)C)c6ccccc6c5)c43)c2c1CC(C)C. The molecule has 0 aliphatic heterocycles. The fourth-order valence-corrected chi connectivity index (χ4v) is 7.75. The molecule has 0 aliphatic rings. The molecule has 0 bridgehead atoms. The van der Waals surface area contributed by atoms with Gasteiger partial charge in [-0.25, -0.2) is 9.97 Å². The molecule has 0 saturated carbocycles. The first-order chi connectivity index (χ1) is 16.7. The van der Waals surface area contributed by atoms with Crippen LogP contribution >= 0.6 is 22.7 Å². The molecule has 0 aliphatic carbocycles. The van der Waals surface area contributed by atoms with E-state index in [0.717, 1.165) is 16.9 Å². The molecule has 4 heteroatoms. The first kappa shape index (κ1) is 22.6. The van der Waals surface area contributed by atoms with E-state index in [4.69, 9.17) is 9.97 Å². The highest BCUT2D eigenvalue weighted by atomic mass is 32.1. The number of thiophene rings is 2. The van der Waals surface area contributed by atoms with Gasteiger partial charge in [0.25, 0.3) is 0 Å². The van der Waals surface area contributed by atoms with Crippen molar-refractivity contribution in [2.45, 2.75) is 53.4 Å². The summed E-state index contributed by atoms with van der Waals surface area (Å²) in [4.78, 5) is 12.1. The number of hydrogen-bond acceptors (Lipinski definition) is 4. The molecule has 6 rings (SSSR count). The van der Waals surface area contributed by atoms with Crippen molar-refractivity contribution in [3.05, 3.63) is 70.9 Å². The van der Waals surface area contributed by atoms with Gasteiger partial charge in [-0.3, -0.25) is 0 Å². The van der Waals surface area contributed by atoms with Crippen molar-refractivity contribution < 1.29 is 0 Å². The molecule has 6 aromatic rings. The van der Waals surface area contributed by atoms with Crippen molar-refractivity contribution in [1.29, 1.82) is 0 Å². The minimum absolute atomic E-state index is 0.0323. The van der Waals surface area contributed by atoms with E-state index in [0.29, 0.717) is 5.92 Å². The van der Waals surface area contributed by atoms with E-state index in [1.54, 1.807) is 6.33 Å². The summed E-state index contributed by atoms with van der Waals surface area (Å²) in [5.41, 5.74) is 5.10. The number of fused-ring (bicyclic) bond motifs is 6. The van der Waals surface area contributed by atoms with Gasteiger partial charge in [0.1, 0.15) is 11.2 Å². The molecule has 3 aromatic heterocycles. The summed E-state index contributed by atoms with van der Waals surface area (Å²) < 4.78 is 2.74. The maximum atomic E-state index is 4.88. The lowest BCUT2D eigenvalue weighted by Crippen LogP contribution is -2.12. The van der Waals surface area contributed by atoms with Crippen LogP contribution in [0.1, 0.15) is 50.6 Å². The van der Waals surface area contributed by atoms with Crippen molar-refractivity contribution in [3.63, 3.8) is 0 Å². The summed E-state index contributed by atoms with van der Waals surface area (Å²) in [5.74, 6) is 0.625. The summed E-state index contributed by atoms with van der Waals surface area (Å²) in [5, 5.41) is 6.47. The van der Waals surface area contributed by atoms with Crippen LogP contribution in [0.15, 0.2) is 54.9 Å². The maximum absolute atomic E-state index is 4.88. The van der Waals surface area contributed by atoms with Gasteiger partial charge in [-0.05, 0) is 64.8 Å². The summed E-state index contributed by atoms with van der Waals surface area (Å²) in [6.45, 7) is 13.8. The van der Waals surface area contributed by atoms with Gasteiger partial charge in [-0.15, -0.1) is 22.7 Å². The van der Waals surface area contributed by atoms with E-state index in [1.165, 1.54) is 57.9 Å². The highest BCUT2D eigenvalue weighted by Gasteiger charge is 2.22. The van der Waals surface area contributed by atoms with E-state index >= 15 is 0 Å². The zero-order chi connectivity index (χ0) is 24.5. The van der Waals surface area contributed by atoms with Crippen LogP contribution in [-0.2, 0) is 11.8 Å². The number of benzene rings is 3. The van der Waals surface area contributed by atoms with Crippen molar-refractivity contribution >= 4 is 63.8 Å². The van der Waals surface area contributed by atoms with Gasteiger partial charge in [0.05, 0.1) is 5.69 Å². The Balaban J connectivity index is 1.69. The molecule has 0 atom stereocenters. The second-order valence-electron chi connectivity index (χ2n) is 11.0. The molecule has 2 nitrogen and oxygen atoms in total. The molecular formula is C31H30N2S2. The number of nitrogens with zero attached hydrogens (tertiary/aromatic N) is 2. The van der Waals surface area contributed by atoms with Gasteiger partial charge in [0.2, 0.25) is 0 Å². The van der Waals surface area contributed by atoms with Crippen LogP contribution in [0.2, 0.25) is 0 Å². The van der Waals surface area contributed by atoms with E-state index in [1.807, 2.05) is 22.7 Å². The molecule has 0 unspecified atom stereocenters. The zero-order valence-corrected chi connectivity index (χ0v) is 22.8. The van der Waals surface area contributed by atoms with Crippen LogP contribution in [0.5, 0.6) is 0 Å². The molecule has 3 heterocycles. The number of aromatic nitrogens is 2. The van der Waals surface area contributed by atoms with Gasteiger partial charge in [-0.1, -0.05) is 65.0 Å². The van der Waals surface area contributed by atoms with Crippen molar-refractivity contribution in [1.82, 2.24) is 9.97 Å². The van der Waals surface area contributed by atoms with Gasteiger partial charge in [0, 0.05) is 36.0 Å². The smallest absolute Gasteiger partial charge is 0.128 e. The first-order valence-electron chi connectivity index (χ1n) is 12.3. The number of rotatable bonds is 3. The largest absolute Gasteiger partial charge is 0.236 e. The van der Waals surface area contributed by atoms with Crippen LogP contribution < -0.4 is 0 Å². The van der Waals surface area contributed by atoms with Crippen molar-refractivity contribution in [2.24, 2.45) is 5.92 Å². The molecule has 176 valence electrons. The lowest BCUT2D eigenvalue weighted by Gasteiger charge is -2.22. The van der Waals surface area contributed by atoms with E-state index < -0.39 is 0 Å². The second-order valence-corrected chi connectivity index (χ2v) is 13.3. The standard InChI is InChI=1S/C31H30N2S2/c1-17(2)13-23-18(3)34-25-12-11-22-27-28(32-16-33-30(27)35-29(22)26(23)25)20-14-19-9-7-8-10-21(19)24(15-20)31(4,5)6/h7-12,14-17H,13H2,1-6H3. The molecular weight excluding hydrogens is 464 g/mol. The highest BCUT2D eigenvalue weighted by molar-refractivity contribution is 7.27. The summed E-state index contributed by atoms with van der Waals surface area (Å²) in [6.07, 6.45) is 2.85. The Kier molecular flexibility index (Phi) is 5.24. The van der Waals surface area contributed by atoms with Crippen molar-refractivity contribution in [2.75, 3.05) is 0 Å². The Labute approximate surface area is 214 Å². The van der Waals surface area contributed by atoms with Crippen LogP contribution in [0.3, 0.4) is 0 Å². The second kappa shape index (κ2) is 8.11. The maximum Gasteiger partial charge on any atom is 0.128 e. The number of hydrogen-bond donors (Lipinski definition) is 0. The average Bonchev–Trinajstić information content (AvgIpc) is 3.34. The van der Waals surface area contributed by atoms with E-state index in [2.05, 4.69) is 90.1 Å². The Bertz CT molecular complexity index is 1750. The first-order valence-corrected chi connectivity index (χ1v) is 14.0. The molecule has 3 aromatic carbocycles. The Hall–Kier alpha value is -2.82. The molecule has 0 fully saturated rings. The van der Waals surface area contributed by atoms with Gasteiger partial charge < -0.3 is 0 Å². The zero-order valence-electron chi connectivity index (χ0n) is 21.2. The third kappa shape index (κ3) is 3.66. The average molecular weight is 495 g/mol. The topological polar surface area (TPSA) is 25.8 Å². The normalized spacial score (nSPS) is 12.7. The predicted octanol–water partition coefficient (Wildman–Crippen LogP) is 9.68. The van der Waals surface area contributed by atoms with Gasteiger partial charge in [-0.2, -0.15) is 0 Å². The van der Waals surface area contributed by atoms with Crippen LogP contribution in [0, 0.1) is 12.8 Å². The molecule has 0 radical (unpaired) electrons. The monoisotopic (exact) mass is 494 g/mol. The Morgan fingerprint density at radius 2 is 1.69 bits per heavy atom. The molecule has 0 saturated heterocycles. The molecule has 0 spiro atoms. The minimum Gasteiger partial charge on any atom is -0.236 e. The van der Waals surface area contributed by atoms with Crippen LogP contribution in [-0.4, -0.2) is 9.97 Å². The summed E-state index contributed by atoms with van der Waals surface area (Å²) >= 11 is 3.75. The fourth-order valence-electron chi connectivity index (χ4n) is 5.37. The molecule has 35 heavy (non-hydrogen) atoms. The van der Waals surface area contributed by atoms with Gasteiger partial charge in [0.15, 0.2) is 0 Å². The molecule has 0 N–H and O–H groups in total. The summed E-state index contributed by atoms with van der Waals surface area (Å²) in [6, 6.07) is 18.0. The number of aryl methyl sites for hydroxylation is 1. The van der Waals surface area contributed by atoms with Crippen LogP contribution in [0.4, 0.5) is 0 Å². The minimum atomic E-state index is 0.0323. The Morgan fingerprint density at radius 1 is 0.886 bits per heavy atom. The lowest BCUT2D eigenvalue weighted by atomic mass is 9.82. The third-order valence-corrected chi connectivity index (χ3v) is 9.19. The third-order valence-electron chi connectivity index (χ3n) is 6.95. The highest BCUT2D eigenvalue weighted by Crippen LogP contribution is 2.46. The lowest BCUT2D eigenvalue weighted by molar-refractivity contribution is 0.596. The van der Waals surface area contributed by atoms with Gasteiger partial charge >= 0.3 is 0 Å². The molecule has 0 amide bonds. The Morgan fingerprint density at radius 3 is 2.46 bits per heavy atom. The summed E-state index contributed by atoms with van der Waals surface area (Å²) in [7, 11) is 0.